The number of halogens is 1. The molecule has 0 atom stereocenters. The summed E-state index contributed by atoms with van der Waals surface area (Å²) in [7, 11) is 0. The number of anilines is 1. The van der Waals surface area contributed by atoms with Gasteiger partial charge in [0.2, 0.25) is 5.91 Å². The number of fused-ring (bicyclic) bond motifs is 2. The maximum absolute atomic E-state index is 12.3. The summed E-state index contributed by atoms with van der Waals surface area (Å²) in [6, 6.07) is 15.5. The summed E-state index contributed by atoms with van der Waals surface area (Å²) in [5.74, 6) is 0.409. The van der Waals surface area contributed by atoms with Crippen LogP contribution in [-0.2, 0) is 11.2 Å². The molecule has 3 aromatic heterocycles. The van der Waals surface area contributed by atoms with Gasteiger partial charge in [0, 0.05) is 11.6 Å². The Labute approximate surface area is 146 Å². The topological polar surface area (TPSA) is 59.3 Å². The summed E-state index contributed by atoms with van der Waals surface area (Å²) >= 11 is 3.46. The van der Waals surface area contributed by atoms with Crippen LogP contribution in [0.5, 0.6) is 0 Å². The average molecular weight is 381 g/mol. The minimum absolute atomic E-state index is 0.119. The molecule has 0 spiro atoms. The summed E-state index contributed by atoms with van der Waals surface area (Å²) in [5.41, 5.74) is 2.56. The molecule has 0 aliphatic carbocycles. The normalized spacial score (nSPS) is 11.0. The number of nitrogens with one attached hydrogen (secondary N) is 1. The first-order valence-electron chi connectivity index (χ1n) is 7.46. The number of imidazole rings is 1. The van der Waals surface area contributed by atoms with E-state index in [-0.39, 0.29) is 12.3 Å². The van der Waals surface area contributed by atoms with Crippen LogP contribution in [0.25, 0.3) is 16.6 Å². The molecule has 3 heterocycles. The lowest BCUT2D eigenvalue weighted by Gasteiger charge is -2.03. The van der Waals surface area contributed by atoms with Crippen LogP contribution in [0, 0.1) is 0 Å². The lowest BCUT2D eigenvalue weighted by Crippen LogP contribution is -2.14. The molecular weight excluding hydrogens is 368 g/mol. The molecule has 0 bridgehead atoms. The number of para-hydroxylation sites is 1. The van der Waals surface area contributed by atoms with Crippen molar-refractivity contribution in [1.82, 2.24) is 14.4 Å². The lowest BCUT2D eigenvalue weighted by atomic mass is 10.1. The maximum atomic E-state index is 12.3. The number of amides is 1. The van der Waals surface area contributed by atoms with Gasteiger partial charge >= 0.3 is 0 Å². The largest absolute Gasteiger partial charge is 0.309 e. The molecule has 0 fully saturated rings. The number of aromatic nitrogens is 3. The number of rotatable bonds is 3. The lowest BCUT2D eigenvalue weighted by molar-refractivity contribution is -0.115. The van der Waals surface area contributed by atoms with E-state index >= 15 is 0 Å². The second-order valence-corrected chi connectivity index (χ2v) is 6.28. The summed E-state index contributed by atoms with van der Waals surface area (Å²) in [4.78, 5) is 21.1. The molecule has 4 aromatic rings. The van der Waals surface area contributed by atoms with Crippen molar-refractivity contribution in [3.05, 3.63) is 71.1 Å². The molecule has 0 unspecified atom stereocenters. The Balaban J connectivity index is 1.53. The molecule has 0 radical (unpaired) electrons. The van der Waals surface area contributed by atoms with Gasteiger partial charge in [-0.15, -0.1) is 0 Å². The van der Waals surface area contributed by atoms with Crippen LogP contribution < -0.4 is 5.32 Å². The van der Waals surface area contributed by atoms with E-state index < -0.39 is 0 Å². The third kappa shape index (κ3) is 2.88. The zero-order valence-corrected chi connectivity index (χ0v) is 14.2. The van der Waals surface area contributed by atoms with Crippen molar-refractivity contribution in [2.75, 3.05) is 5.32 Å². The second-order valence-electron chi connectivity index (χ2n) is 5.46. The third-order valence-corrected chi connectivity index (χ3v) is 4.37. The van der Waals surface area contributed by atoms with E-state index in [1.165, 1.54) is 0 Å². The first kappa shape index (κ1) is 14.8. The quantitative estimate of drug-likeness (QED) is 0.549. The highest BCUT2D eigenvalue weighted by Gasteiger charge is 2.09. The number of pyridine rings is 2. The first-order valence-corrected chi connectivity index (χ1v) is 8.25. The minimum Gasteiger partial charge on any atom is -0.309 e. The molecule has 118 valence electrons. The molecule has 0 saturated carbocycles. The minimum atomic E-state index is -0.119. The van der Waals surface area contributed by atoms with Crippen LogP contribution in [0.4, 0.5) is 5.82 Å². The van der Waals surface area contributed by atoms with Gasteiger partial charge in [0.25, 0.3) is 0 Å². The standard InChI is InChI=1S/C18H13BrN4O/c19-15-6-3-7-17-21-16(11-23(15)17)22-18(24)9-12-8-13-4-1-2-5-14(13)20-10-12/h1-8,10-11H,9H2,(H,22,24). The second kappa shape index (κ2) is 6.05. The van der Waals surface area contributed by atoms with Gasteiger partial charge in [0.15, 0.2) is 5.82 Å². The SMILES string of the molecule is O=C(Cc1cnc2ccccc2c1)Nc1cn2c(Br)cccc2n1. The molecule has 4 rings (SSSR count). The molecular formula is C18H13BrN4O. The smallest absolute Gasteiger partial charge is 0.230 e. The molecule has 0 aliphatic rings. The summed E-state index contributed by atoms with van der Waals surface area (Å²) in [5, 5.41) is 3.86. The predicted molar refractivity (Wildman–Crippen MR) is 97.0 cm³/mol. The monoisotopic (exact) mass is 380 g/mol. The van der Waals surface area contributed by atoms with E-state index in [2.05, 4.69) is 31.2 Å². The number of benzene rings is 1. The molecule has 24 heavy (non-hydrogen) atoms. The Kier molecular flexibility index (Phi) is 3.74. The van der Waals surface area contributed by atoms with Crippen molar-refractivity contribution in [2.45, 2.75) is 6.42 Å². The van der Waals surface area contributed by atoms with Crippen molar-refractivity contribution >= 4 is 44.2 Å². The van der Waals surface area contributed by atoms with E-state index in [9.17, 15) is 4.79 Å². The zero-order valence-electron chi connectivity index (χ0n) is 12.6. The fraction of sp³-hybridized carbons (Fsp3) is 0.0556. The Morgan fingerprint density at radius 1 is 1.17 bits per heavy atom. The molecule has 1 aromatic carbocycles. The highest BCUT2D eigenvalue weighted by molar-refractivity contribution is 9.10. The molecule has 5 nitrogen and oxygen atoms in total. The summed E-state index contributed by atoms with van der Waals surface area (Å²) < 4.78 is 2.75. The van der Waals surface area contributed by atoms with Crippen LogP contribution in [0.3, 0.4) is 0 Å². The van der Waals surface area contributed by atoms with Crippen LogP contribution in [-0.4, -0.2) is 20.3 Å². The van der Waals surface area contributed by atoms with Crippen molar-refractivity contribution in [3.8, 4) is 0 Å². The Hall–Kier alpha value is -2.73. The van der Waals surface area contributed by atoms with E-state index in [4.69, 9.17) is 0 Å². The van der Waals surface area contributed by atoms with Gasteiger partial charge in [-0.05, 0) is 45.8 Å². The molecule has 1 amide bonds. The Bertz CT molecular complexity index is 1060. The third-order valence-electron chi connectivity index (χ3n) is 3.72. The van der Waals surface area contributed by atoms with Gasteiger partial charge in [-0.25, -0.2) is 4.98 Å². The van der Waals surface area contributed by atoms with Gasteiger partial charge in [-0.1, -0.05) is 24.3 Å². The number of carbonyl (C=O) groups excluding carboxylic acids is 1. The summed E-state index contributed by atoms with van der Waals surface area (Å²) in [6.45, 7) is 0. The van der Waals surface area contributed by atoms with E-state index in [0.29, 0.717) is 5.82 Å². The predicted octanol–water partition coefficient (Wildman–Crippen LogP) is 3.83. The maximum Gasteiger partial charge on any atom is 0.230 e. The number of hydrogen-bond acceptors (Lipinski definition) is 3. The van der Waals surface area contributed by atoms with Crippen LogP contribution >= 0.6 is 15.9 Å². The highest BCUT2D eigenvalue weighted by Crippen LogP contribution is 2.17. The van der Waals surface area contributed by atoms with Crippen molar-refractivity contribution in [2.24, 2.45) is 0 Å². The van der Waals surface area contributed by atoms with E-state index in [1.807, 2.05) is 52.9 Å². The number of hydrogen-bond donors (Lipinski definition) is 1. The zero-order chi connectivity index (χ0) is 16.5. The van der Waals surface area contributed by atoms with Gasteiger partial charge in [-0.3, -0.25) is 14.2 Å². The van der Waals surface area contributed by atoms with E-state index in [0.717, 1.165) is 26.7 Å². The van der Waals surface area contributed by atoms with Crippen LogP contribution in [0.1, 0.15) is 5.56 Å². The average Bonchev–Trinajstić information content (AvgIpc) is 2.98. The Morgan fingerprint density at radius 3 is 2.92 bits per heavy atom. The Morgan fingerprint density at radius 2 is 2.04 bits per heavy atom. The fourth-order valence-corrected chi connectivity index (χ4v) is 3.06. The molecule has 0 saturated heterocycles. The van der Waals surface area contributed by atoms with Crippen LogP contribution in [0.15, 0.2) is 65.5 Å². The molecule has 0 aliphatic heterocycles. The summed E-state index contributed by atoms with van der Waals surface area (Å²) in [6.07, 6.45) is 3.78. The van der Waals surface area contributed by atoms with Gasteiger partial charge < -0.3 is 5.32 Å². The van der Waals surface area contributed by atoms with Crippen molar-refractivity contribution in [3.63, 3.8) is 0 Å². The molecule has 6 heteroatoms. The van der Waals surface area contributed by atoms with Gasteiger partial charge in [0.05, 0.1) is 22.7 Å². The molecule has 1 N–H and O–H groups in total. The van der Waals surface area contributed by atoms with Gasteiger partial charge in [-0.2, -0.15) is 0 Å². The number of carbonyl (C=O) groups is 1. The highest BCUT2D eigenvalue weighted by atomic mass is 79.9. The fourth-order valence-electron chi connectivity index (χ4n) is 2.62. The van der Waals surface area contributed by atoms with Crippen molar-refractivity contribution < 1.29 is 4.79 Å². The van der Waals surface area contributed by atoms with Crippen LogP contribution in [0.2, 0.25) is 0 Å². The van der Waals surface area contributed by atoms with E-state index in [1.54, 1.807) is 12.4 Å². The van der Waals surface area contributed by atoms with Crippen molar-refractivity contribution in [1.29, 1.82) is 0 Å². The van der Waals surface area contributed by atoms with Gasteiger partial charge in [0.1, 0.15) is 5.65 Å². The number of nitrogens with zero attached hydrogens (tertiary/aromatic N) is 3. The first-order chi connectivity index (χ1) is 11.7.